The van der Waals surface area contributed by atoms with Gasteiger partial charge in [0, 0.05) is 17.5 Å². The van der Waals surface area contributed by atoms with Crippen LogP contribution in [0.15, 0.2) is 47.9 Å². The summed E-state index contributed by atoms with van der Waals surface area (Å²) >= 11 is 0. The quantitative estimate of drug-likeness (QED) is 0.296. The Bertz CT molecular complexity index is 585. The maximum atomic E-state index is 10.5. The molecule has 0 saturated heterocycles. The first-order valence-electron chi connectivity index (χ1n) is 5.98. The first-order valence-corrected chi connectivity index (χ1v) is 7.45. The maximum Gasteiger partial charge on any atom is 1.00 e. The molecule has 0 spiro atoms. The molecular formula is C14H18NNaO5S. The summed E-state index contributed by atoms with van der Waals surface area (Å²) in [4.78, 5) is 10.5. The second-order valence-electron chi connectivity index (χ2n) is 3.91. The van der Waals surface area contributed by atoms with Crippen molar-refractivity contribution < 1.29 is 52.1 Å². The number of rotatable bonds is 5. The minimum atomic E-state index is -4.25. The molecule has 0 fully saturated rings. The molecule has 116 valence electrons. The topological polar surface area (TPSA) is 110 Å². The number of benzene rings is 1. The fraction of sp³-hybridized carbons (Fsp3) is 0.214. The van der Waals surface area contributed by atoms with Crippen LogP contribution >= 0.6 is 0 Å². The van der Waals surface area contributed by atoms with E-state index < -0.39 is 10.1 Å². The molecule has 0 saturated carbocycles. The van der Waals surface area contributed by atoms with Crippen LogP contribution in [0.5, 0.6) is 0 Å². The Morgan fingerprint density at radius 2 is 1.91 bits per heavy atom. The Labute approximate surface area is 153 Å². The van der Waals surface area contributed by atoms with Crippen molar-refractivity contribution >= 4 is 22.2 Å². The minimum Gasteiger partial charge on any atom is -0.744 e. The Kier molecular flexibility index (Phi) is 13.3. The van der Waals surface area contributed by atoms with Crippen LogP contribution in [-0.4, -0.2) is 32.1 Å². The van der Waals surface area contributed by atoms with Gasteiger partial charge in [-0.05, 0) is 18.6 Å². The predicted molar refractivity (Wildman–Crippen MR) is 80.0 cm³/mol. The van der Waals surface area contributed by atoms with E-state index in [4.69, 9.17) is 5.73 Å². The molecule has 1 rings (SSSR count). The van der Waals surface area contributed by atoms with Gasteiger partial charge < -0.3 is 15.0 Å². The van der Waals surface area contributed by atoms with Crippen molar-refractivity contribution in [2.24, 2.45) is 5.73 Å². The van der Waals surface area contributed by atoms with Gasteiger partial charge in [0.2, 0.25) is 0 Å². The van der Waals surface area contributed by atoms with Crippen molar-refractivity contribution in [3.63, 3.8) is 0 Å². The fourth-order valence-corrected chi connectivity index (χ4v) is 1.32. The van der Waals surface area contributed by atoms with E-state index >= 15 is 0 Å². The summed E-state index contributed by atoms with van der Waals surface area (Å²) in [5, 5.41) is 0.641. The Hall–Kier alpha value is -0.960. The van der Waals surface area contributed by atoms with Gasteiger partial charge in [0.15, 0.2) is 0 Å². The Balaban J connectivity index is 0. The summed E-state index contributed by atoms with van der Waals surface area (Å²) in [5.41, 5.74) is 6.17. The van der Waals surface area contributed by atoms with E-state index in [0.717, 1.165) is 0 Å². The Morgan fingerprint density at radius 1 is 1.36 bits per heavy atom. The molecule has 0 aliphatic heterocycles. The van der Waals surface area contributed by atoms with Crippen LogP contribution in [0.25, 0.3) is 6.08 Å². The molecule has 0 unspecified atom stereocenters. The van der Waals surface area contributed by atoms with Crippen LogP contribution < -0.4 is 35.3 Å². The van der Waals surface area contributed by atoms with Crippen LogP contribution in [0.1, 0.15) is 12.5 Å². The van der Waals surface area contributed by atoms with E-state index in [2.05, 4.69) is 11.3 Å². The summed E-state index contributed by atoms with van der Waals surface area (Å²) in [6, 6.07) is 8.75. The summed E-state index contributed by atoms with van der Waals surface area (Å²) in [6.45, 7) is 5.62. The molecule has 0 bridgehead atoms. The monoisotopic (exact) mass is 335 g/mol. The minimum absolute atomic E-state index is 0. The predicted octanol–water partition coefficient (Wildman–Crippen LogP) is -1.73. The number of hydrogen-bond acceptors (Lipinski definition) is 6. The molecule has 8 heteroatoms. The fourth-order valence-electron chi connectivity index (χ4n) is 1.00. The molecule has 0 aromatic heterocycles. The van der Waals surface area contributed by atoms with Gasteiger partial charge in [-0.25, -0.2) is 13.2 Å². The number of hydrogen-bond donors (Lipinski definition) is 1. The molecular weight excluding hydrogens is 317 g/mol. The van der Waals surface area contributed by atoms with Gasteiger partial charge >= 0.3 is 35.5 Å². The van der Waals surface area contributed by atoms with Crippen molar-refractivity contribution in [2.45, 2.75) is 6.92 Å². The molecule has 0 aliphatic carbocycles. The van der Waals surface area contributed by atoms with Crippen LogP contribution in [-0.2, 0) is 19.6 Å². The first-order chi connectivity index (χ1) is 9.76. The third-order valence-electron chi connectivity index (χ3n) is 1.93. The smallest absolute Gasteiger partial charge is 0.744 e. The van der Waals surface area contributed by atoms with Gasteiger partial charge in [-0.15, -0.1) is 0 Å². The largest absolute Gasteiger partial charge is 1.00 e. The molecule has 22 heavy (non-hydrogen) atoms. The molecule has 0 atom stereocenters. The number of nitrogens with two attached hydrogens (primary N) is 1. The molecule has 0 amide bonds. The number of esters is 1. The van der Waals surface area contributed by atoms with Crippen molar-refractivity contribution in [3.8, 4) is 0 Å². The zero-order valence-electron chi connectivity index (χ0n) is 12.7. The van der Waals surface area contributed by atoms with Crippen LogP contribution in [0.3, 0.4) is 0 Å². The third-order valence-corrected chi connectivity index (χ3v) is 2.40. The van der Waals surface area contributed by atoms with Crippen molar-refractivity contribution in [1.82, 2.24) is 0 Å². The van der Waals surface area contributed by atoms with Gasteiger partial charge in [-0.3, -0.25) is 0 Å². The van der Waals surface area contributed by atoms with Crippen LogP contribution in [0.4, 0.5) is 0 Å². The molecule has 0 aliphatic rings. The molecule has 1 aromatic carbocycles. The van der Waals surface area contributed by atoms with Crippen molar-refractivity contribution in [1.29, 1.82) is 0 Å². The van der Waals surface area contributed by atoms with Gasteiger partial charge in [0.25, 0.3) is 0 Å². The molecule has 2 N–H and O–H groups in total. The van der Waals surface area contributed by atoms with Crippen LogP contribution in [0.2, 0.25) is 0 Å². The molecule has 0 radical (unpaired) electrons. The molecule has 1 aromatic rings. The maximum absolute atomic E-state index is 10.5. The average Bonchev–Trinajstić information content (AvgIpc) is 2.43. The molecule has 0 heterocycles. The standard InChI is InChI=1S/C8H8O3S.C6H11NO2.Na/c9-12(10,11)7-6-8-4-2-1-3-5-8;1-5(2)6(8)9-4-3-7;/h1-7H,(H,9,10,11);1,3-4,7H2,2H3;/q;;+1/p-1. The van der Waals surface area contributed by atoms with Crippen molar-refractivity contribution in [2.75, 3.05) is 13.2 Å². The summed E-state index contributed by atoms with van der Waals surface area (Å²) < 4.78 is 35.1. The summed E-state index contributed by atoms with van der Waals surface area (Å²) in [6.07, 6.45) is 1.27. The first kappa shape index (κ1) is 23.3. The summed E-state index contributed by atoms with van der Waals surface area (Å²) in [5.74, 6) is -0.375. The summed E-state index contributed by atoms with van der Waals surface area (Å²) in [7, 11) is -4.25. The van der Waals surface area contributed by atoms with E-state index in [-0.39, 0.29) is 42.1 Å². The zero-order chi connectivity index (χ0) is 16.3. The zero-order valence-corrected chi connectivity index (χ0v) is 15.5. The van der Waals surface area contributed by atoms with E-state index in [1.165, 1.54) is 6.08 Å². The van der Waals surface area contributed by atoms with Crippen LogP contribution in [0, 0.1) is 0 Å². The van der Waals surface area contributed by atoms with Gasteiger partial charge in [-0.2, -0.15) is 0 Å². The van der Waals surface area contributed by atoms with Crippen molar-refractivity contribution in [3.05, 3.63) is 53.5 Å². The van der Waals surface area contributed by atoms with E-state index in [1.54, 1.807) is 31.2 Å². The van der Waals surface area contributed by atoms with Gasteiger partial charge in [0.05, 0.1) is 0 Å². The third kappa shape index (κ3) is 14.0. The molecule has 6 nitrogen and oxygen atoms in total. The number of carbonyl (C=O) groups is 1. The number of ether oxygens (including phenoxy) is 1. The average molecular weight is 335 g/mol. The van der Waals surface area contributed by atoms with E-state index in [9.17, 15) is 17.8 Å². The number of carbonyl (C=O) groups excluding carboxylic acids is 1. The normalized spacial score (nSPS) is 10.1. The van der Waals surface area contributed by atoms with Gasteiger partial charge in [-0.1, -0.05) is 36.9 Å². The second-order valence-corrected chi connectivity index (χ2v) is 5.17. The van der Waals surface area contributed by atoms with Gasteiger partial charge in [0.1, 0.15) is 16.7 Å². The van der Waals surface area contributed by atoms with E-state index in [1.807, 2.05) is 6.07 Å². The SMILES string of the molecule is C=C(C)C(=O)OCCN.O=S(=O)([O-])C=Cc1ccccc1.[Na+]. The second kappa shape index (κ2) is 12.6. The van der Waals surface area contributed by atoms with E-state index in [0.29, 0.717) is 23.1 Å². The Morgan fingerprint density at radius 3 is 2.32 bits per heavy atom.